The Balaban J connectivity index is 1.33. The molecular weight excluding hydrogens is 462 g/mol. The second kappa shape index (κ2) is 12.2. The van der Waals surface area contributed by atoms with Crippen molar-refractivity contribution in [1.82, 2.24) is 5.32 Å². The SMILES string of the molecule is CC/C(=C(\c1ccc(O)cc1)c1ccc(OCCNCC2CCCCC2)cc1)c1ccc2c(c1)OCO2. The van der Waals surface area contributed by atoms with Crippen LogP contribution in [0.4, 0.5) is 0 Å². The Morgan fingerprint density at radius 3 is 2.27 bits per heavy atom. The molecule has 2 N–H and O–H groups in total. The number of hydrogen-bond acceptors (Lipinski definition) is 5. The van der Waals surface area contributed by atoms with Gasteiger partial charge in [0.2, 0.25) is 6.79 Å². The van der Waals surface area contributed by atoms with Crippen LogP contribution in [0.25, 0.3) is 11.1 Å². The summed E-state index contributed by atoms with van der Waals surface area (Å²) in [4.78, 5) is 0. The summed E-state index contributed by atoms with van der Waals surface area (Å²) < 4.78 is 17.2. The Morgan fingerprint density at radius 1 is 0.865 bits per heavy atom. The third-order valence-corrected chi connectivity index (χ3v) is 7.38. The largest absolute Gasteiger partial charge is 0.508 e. The van der Waals surface area contributed by atoms with Crippen molar-refractivity contribution in [1.29, 1.82) is 0 Å². The first-order valence-corrected chi connectivity index (χ1v) is 13.6. The van der Waals surface area contributed by atoms with Crippen LogP contribution >= 0.6 is 0 Å². The Bertz CT molecular complexity index is 1190. The predicted molar refractivity (Wildman–Crippen MR) is 148 cm³/mol. The summed E-state index contributed by atoms with van der Waals surface area (Å²) >= 11 is 0. The number of phenolic OH excluding ortho intramolecular Hbond substituents is 1. The van der Waals surface area contributed by atoms with Crippen LogP contribution < -0.4 is 19.5 Å². The summed E-state index contributed by atoms with van der Waals surface area (Å²) in [6, 6.07) is 21.9. The van der Waals surface area contributed by atoms with Crippen molar-refractivity contribution in [2.24, 2.45) is 5.92 Å². The van der Waals surface area contributed by atoms with Gasteiger partial charge in [0, 0.05) is 6.54 Å². The highest BCUT2D eigenvalue weighted by molar-refractivity contribution is 5.99. The summed E-state index contributed by atoms with van der Waals surface area (Å²) in [5.74, 6) is 3.50. The standard InChI is InChI=1S/C32H37NO4/c1-2-29(26-12-17-30-31(20-26)37-22-36-30)32(24-8-13-27(34)14-9-24)25-10-15-28(16-11-25)35-19-18-33-21-23-6-4-3-5-7-23/h8-17,20,23,33-34H,2-7,18-19,21-22H2,1H3/b32-29-. The molecule has 3 aromatic rings. The number of ether oxygens (including phenoxy) is 3. The van der Waals surface area contributed by atoms with Gasteiger partial charge in [0.25, 0.3) is 0 Å². The van der Waals surface area contributed by atoms with E-state index in [0.717, 1.165) is 64.9 Å². The maximum atomic E-state index is 9.89. The van der Waals surface area contributed by atoms with E-state index in [9.17, 15) is 5.11 Å². The van der Waals surface area contributed by atoms with Crippen molar-refractivity contribution < 1.29 is 19.3 Å². The number of fused-ring (bicyclic) bond motifs is 1. The van der Waals surface area contributed by atoms with Gasteiger partial charge in [-0.2, -0.15) is 0 Å². The smallest absolute Gasteiger partial charge is 0.231 e. The Kier molecular flexibility index (Phi) is 8.32. The molecule has 1 aliphatic heterocycles. The fraction of sp³-hybridized carbons (Fsp3) is 0.375. The molecule has 1 heterocycles. The van der Waals surface area contributed by atoms with Crippen LogP contribution in [-0.4, -0.2) is 31.6 Å². The number of hydrogen-bond donors (Lipinski definition) is 2. The molecule has 194 valence electrons. The summed E-state index contributed by atoms with van der Waals surface area (Å²) in [7, 11) is 0. The van der Waals surface area contributed by atoms with Crippen LogP contribution in [0.1, 0.15) is 62.1 Å². The van der Waals surface area contributed by atoms with E-state index in [1.165, 1.54) is 37.7 Å². The average molecular weight is 500 g/mol. The van der Waals surface area contributed by atoms with E-state index in [0.29, 0.717) is 6.61 Å². The lowest BCUT2D eigenvalue weighted by atomic mass is 9.88. The summed E-state index contributed by atoms with van der Waals surface area (Å²) in [5, 5.41) is 13.5. The van der Waals surface area contributed by atoms with Gasteiger partial charge in [0.05, 0.1) is 0 Å². The molecule has 3 aromatic carbocycles. The number of benzene rings is 3. The molecule has 5 rings (SSSR count). The molecular formula is C32H37NO4. The van der Waals surface area contributed by atoms with E-state index in [1.54, 1.807) is 12.1 Å². The van der Waals surface area contributed by atoms with Crippen molar-refractivity contribution in [3.05, 3.63) is 83.4 Å². The van der Waals surface area contributed by atoms with E-state index < -0.39 is 0 Å². The van der Waals surface area contributed by atoms with Crippen LogP contribution in [0.15, 0.2) is 66.7 Å². The molecule has 2 aliphatic rings. The lowest BCUT2D eigenvalue weighted by Gasteiger charge is -2.21. The van der Waals surface area contributed by atoms with E-state index in [2.05, 4.69) is 36.5 Å². The Labute approximate surface area is 220 Å². The molecule has 1 fully saturated rings. The Hall–Kier alpha value is -3.44. The number of rotatable bonds is 10. The highest BCUT2D eigenvalue weighted by Crippen LogP contribution is 2.40. The minimum absolute atomic E-state index is 0.255. The average Bonchev–Trinajstić information content (AvgIpc) is 3.41. The lowest BCUT2D eigenvalue weighted by molar-refractivity contribution is 0.174. The molecule has 5 heteroatoms. The van der Waals surface area contributed by atoms with E-state index in [1.807, 2.05) is 30.3 Å². The summed E-state index contributed by atoms with van der Waals surface area (Å²) in [5.41, 5.74) is 5.57. The van der Waals surface area contributed by atoms with Crippen LogP contribution in [0, 0.1) is 5.92 Å². The minimum atomic E-state index is 0.255. The fourth-order valence-corrected chi connectivity index (χ4v) is 5.41. The zero-order valence-electron chi connectivity index (χ0n) is 21.7. The van der Waals surface area contributed by atoms with Gasteiger partial charge in [-0.3, -0.25) is 0 Å². The second-order valence-corrected chi connectivity index (χ2v) is 9.90. The van der Waals surface area contributed by atoms with E-state index >= 15 is 0 Å². The van der Waals surface area contributed by atoms with Gasteiger partial charge in [0.1, 0.15) is 18.1 Å². The molecule has 1 saturated carbocycles. The minimum Gasteiger partial charge on any atom is -0.508 e. The monoisotopic (exact) mass is 499 g/mol. The number of aromatic hydroxyl groups is 1. The van der Waals surface area contributed by atoms with Gasteiger partial charge in [0.15, 0.2) is 11.5 Å². The third kappa shape index (κ3) is 6.28. The first-order valence-electron chi connectivity index (χ1n) is 13.6. The molecule has 37 heavy (non-hydrogen) atoms. The van der Waals surface area contributed by atoms with Gasteiger partial charge < -0.3 is 24.6 Å². The molecule has 5 nitrogen and oxygen atoms in total. The Morgan fingerprint density at radius 2 is 1.54 bits per heavy atom. The number of phenols is 1. The van der Waals surface area contributed by atoms with Gasteiger partial charge >= 0.3 is 0 Å². The first kappa shape index (κ1) is 25.2. The normalized spacial score (nSPS) is 15.9. The maximum absolute atomic E-state index is 9.89. The molecule has 1 aliphatic carbocycles. The molecule has 0 bridgehead atoms. The second-order valence-electron chi connectivity index (χ2n) is 9.90. The molecule has 0 unspecified atom stereocenters. The number of nitrogens with one attached hydrogen (secondary N) is 1. The molecule has 0 radical (unpaired) electrons. The van der Waals surface area contributed by atoms with E-state index in [-0.39, 0.29) is 12.5 Å². The van der Waals surface area contributed by atoms with Gasteiger partial charge in [-0.05, 0) is 96.0 Å². The number of allylic oxidation sites excluding steroid dienone is 1. The maximum Gasteiger partial charge on any atom is 0.231 e. The molecule has 0 saturated heterocycles. The predicted octanol–water partition coefficient (Wildman–Crippen LogP) is 7.04. The summed E-state index contributed by atoms with van der Waals surface area (Å²) in [6.45, 7) is 5.04. The molecule has 0 spiro atoms. The lowest BCUT2D eigenvalue weighted by Crippen LogP contribution is -2.28. The van der Waals surface area contributed by atoms with Gasteiger partial charge in [-0.15, -0.1) is 0 Å². The molecule has 0 atom stereocenters. The molecule has 0 amide bonds. The van der Waals surface area contributed by atoms with Crippen molar-refractivity contribution in [2.75, 3.05) is 26.5 Å². The van der Waals surface area contributed by atoms with Gasteiger partial charge in [-0.25, -0.2) is 0 Å². The van der Waals surface area contributed by atoms with E-state index in [4.69, 9.17) is 14.2 Å². The van der Waals surface area contributed by atoms with Crippen molar-refractivity contribution >= 4 is 11.1 Å². The summed E-state index contributed by atoms with van der Waals surface area (Å²) in [6.07, 6.45) is 7.71. The third-order valence-electron chi connectivity index (χ3n) is 7.38. The topological polar surface area (TPSA) is 60.0 Å². The quantitative estimate of drug-likeness (QED) is 0.231. The highest BCUT2D eigenvalue weighted by atomic mass is 16.7. The van der Waals surface area contributed by atoms with Crippen LogP contribution in [0.5, 0.6) is 23.0 Å². The first-order chi connectivity index (χ1) is 18.2. The van der Waals surface area contributed by atoms with Crippen LogP contribution in [0.2, 0.25) is 0 Å². The van der Waals surface area contributed by atoms with Crippen molar-refractivity contribution in [3.8, 4) is 23.0 Å². The fourth-order valence-electron chi connectivity index (χ4n) is 5.41. The van der Waals surface area contributed by atoms with Gasteiger partial charge in [-0.1, -0.05) is 56.5 Å². The zero-order valence-corrected chi connectivity index (χ0v) is 21.7. The zero-order chi connectivity index (χ0) is 25.5. The van der Waals surface area contributed by atoms with Crippen molar-refractivity contribution in [2.45, 2.75) is 45.4 Å². The van der Waals surface area contributed by atoms with Crippen LogP contribution in [0.3, 0.4) is 0 Å². The van der Waals surface area contributed by atoms with Crippen molar-refractivity contribution in [3.63, 3.8) is 0 Å². The highest BCUT2D eigenvalue weighted by Gasteiger charge is 2.18. The molecule has 0 aromatic heterocycles. The van der Waals surface area contributed by atoms with Crippen LogP contribution in [-0.2, 0) is 0 Å².